The van der Waals surface area contributed by atoms with Crippen LogP contribution in [0.4, 0.5) is 8.78 Å². The standard InChI is InChI=1S/C14H21F2NO/c1-10(18-3)7-8-12(17-2)9-11-5-4-6-13(15)14(11)16/h4-6,10,12,17H,7-9H2,1-3H3. The summed E-state index contributed by atoms with van der Waals surface area (Å²) in [7, 11) is 3.50. The Hall–Kier alpha value is -1.00. The molecule has 1 aromatic rings. The lowest BCUT2D eigenvalue weighted by atomic mass is 10.00. The Labute approximate surface area is 107 Å². The number of hydrogen-bond donors (Lipinski definition) is 1. The van der Waals surface area contributed by atoms with Crippen LogP contribution in [0.3, 0.4) is 0 Å². The average molecular weight is 257 g/mol. The van der Waals surface area contributed by atoms with Crippen LogP contribution in [-0.2, 0) is 11.2 Å². The van der Waals surface area contributed by atoms with Crippen LogP contribution in [0.25, 0.3) is 0 Å². The molecule has 1 rings (SSSR count). The Kier molecular flexibility index (Phi) is 6.22. The smallest absolute Gasteiger partial charge is 0.162 e. The molecule has 0 heterocycles. The molecule has 0 saturated carbocycles. The number of rotatable bonds is 7. The second-order valence-corrected chi connectivity index (χ2v) is 4.53. The Morgan fingerprint density at radius 3 is 2.61 bits per heavy atom. The van der Waals surface area contributed by atoms with Crippen LogP contribution >= 0.6 is 0 Å². The zero-order chi connectivity index (χ0) is 13.5. The maximum atomic E-state index is 13.5. The first kappa shape index (κ1) is 15.1. The van der Waals surface area contributed by atoms with Crippen molar-refractivity contribution < 1.29 is 13.5 Å². The highest BCUT2D eigenvalue weighted by Gasteiger charge is 2.14. The molecule has 0 aromatic heterocycles. The number of ether oxygens (including phenoxy) is 1. The van der Waals surface area contributed by atoms with Gasteiger partial charge < -0.3 is 10.1 Å². The van der Waals surface area contributed by atoms with Crippen LogP contribution in [0.2, 0.25) is 0 Å². The minimum absolute atomic E-state index is 0.124. The van der Waals surface area contributed by atoms with Gasteiger partial charge in [0.1, 0.15) is 0 Å². The number of nitrogens with one attached hydrogen (secondary N) is 1. The molecule has 0 fully saturated rings. The highest BCUT2D eigenvalue weighted by Crippen LogP contribution is 2.15. The van der Waals surface area contributed by atoms with Crippen molar-refractivity contribution in [1.82, 2.24) is 5.32 Å². The molecule has 4 heteroatoms. The number of hydrogen-bond acceptors (Lipinski definition) is 2. The van der Waals surface area contributed by atoms with E-state index in [2.05, 4.69) is 5.32 Å². The van der Waals surface area contributed by atoms with Crippen LogP contribution in [0.1, 0.15) is 25.3 Å². The summed E-state index contributed by atoms with van der Waals surface area (Å²) in [6.07, 6.45) is 2.41. The molecule has 0 aliphatic carbocycles. The summed E-state index contributed by atoms with van der Waals surface area (Å²) in [5, 5.41) is 3.13. The van der Waals surface area contributed by atoms with Crippen LogP contribution in [0.5, 0.6) is 0 Å². The zero-order valence-electron chi connectivity index (χ0n) is 11.2. The van der Waals surface area contributed by atoms with Gasteiger partial charge in [0.2, 0.25) is 0 Å². The van der Waals surface area contributed by atoms with E-state index in [1.807, 2.05) is 14.0 Å². The number of likely N-dealkylation sites (N-methyl/N-ethyl adjacent to an activating group) is 1. The minimum Gasteiger partial charge on any atom is -0.382 e. The number of methoxy groups -OCH3 is 1. The van der Waals surface area contributed by atoms with E-state index >= 15 is 0 Å². The molecule has 0 radical (unpaired) electrons. The highest BCUT2D eigenvalue weighted by molar-refractivity contribution is 5.20. The Balaban J connectivity index is 2.59. The average Bonchev–Trinajstić information content (AvgIpc) is 2.38. The summed E-state index contributed by atoms with van der Waals surface area (Å²) in [4.78, 5) is 0. The molecule has 0 saturated heterocycles. The summed E-state index contributed by atoms with van der Waals surface area (Å²) >= 11 is 0. The molecular weight excluding hydrogens is 236 g/mol. The Morgan fingerprint density at radius 2 is 2.00 bits per heavy atom. The molecule has 2 atom stereocenters. The van der Waals surface area contributed by atoms with Crippen molar-refractivity contribution in [2.45, 2.75) is 38.3 Å². The van der Waals surface area contributed by atoms with Crippen molar-refractivity contribution in [2.75, 3.05) is 14.2 Å². The van der Waals surface area contributed by atoms with Crippen molar-refractivity contribution >= 4 is 0 Å². The van der Waals surface area contributed by atoms with Gasteiger partial charge in [-0.05, 0) is 44.9 Å². The molecule has 1 N–H and O–H groups in total. The van der Waals surface area contributed by atoms with E-state index in [0.717, 1.165) is 18.9 Å². The summed E-state index contributed by atoms with van der Waals surface area (Å²) in [6.45, 7) is 2.00. The van der Waals surface area contributed by atoms with Gasteiger partial charge >= 0.3 is 0 Å². The lowest BCUT2D eigenvalue weighted by Gasteiger charge is -2.18. The Bertz CT molecular complexity index is 371. The monoisotopic (exact) mass is 257 g/mol. The molecule has 0 aliphatic heterocycles. The second-order valence-electron chi connectivity index (χ2n) is 4.53. The molecule has 18 heavy (non-hydrogen) atoms. The van der Waals surface area contributed by atoms with Crippen molar-refractivity contribution in [3.05, 3.63) is 35.4 Å². The zero-order valence-corrected chi connectivity index (χ0v) is 11.2. The topological polar surface area (TPSA) is 21.3 Å². The maximum Gasteiger partial charge on any atom is 0.162 e. The van der Waals surface area contributed by atoms with Gasteiger partial charge in [0.05, 0.1) is 6.10 Å². The van der Waals surface area contributed by atoms with Crippen LogP contribution in [-0.4, -0.2) is 26.3 Å². The first-order valence-corrected chi connectivity index (χ1v) is 6.21. The van der Waals surface area contributed by atoms with Crippen molar-refractivity contribution in [2.24, 2.45) is 0 Å². The Morgan fingerprint density at radius 1 is 1.28 bits per heavy atom. The SMILES string of the molecule is CNC(CCC(C)OC)Cc1cccc(F)c1F. The minimum atomic E-state index is -0.785. The highest BCUT2D eigenvalue weighted by atomic mass is 19.2. The normalized spacial score (nSPS) is 14.5. The van der Waals surface area contributed by atoms with Gasteiger partial charge in [0.15, 0.2) is 11.6 Å². The van der Waals surface area contributed by atoms with Gasteiger partial charge in [0, 0.05) is 13.2 Å². The summed E-state index contributed by atoms with van der Waals surface area (Å²) < 4.78 is 31.8. The van der Waals surface area contributed by atoms with E-state index in [9.17, 15) is 8.78 Å². The van der Waals surface area contributed by atoms with E-state index in [0.29, 0.717) is 12.0 Å². The predicted octanol–water partition coefficient (Wildman–Crippen LogP) is 2.91. The summed E-state index contributed by atoms with van der Waals surface area (Å²) in [6, 6.07) is 4.43. The van der Waals surface area contributed by atoms with Gasteiger partial charge in [-0.2, -0.15) is 0 Å². The van der Waals surface area contributed by atoms with E-state index in [4.69, 9.17) is 4.74 Å². The fraction of sp³-hybridized carbons (Fsp3) is 0.571. The molecule has 0 amide bonds. The first-order valence-electron chi connectivity index (χ1n) is 6.21. The lowest BCUT2D eigenvalue weighted by Crippen LogP contribution is -2.29. The van der Waals surface area contributed by atoms with Gasteiger partial charge in [0.25, 0.3) is 0 Å². The first-order chi connectivity index (χ1) is 8.58. The molecule has 2 nitrogen and oxygen atoms in total. The quantitative estimate of drug-likeness (QED) is 0.811. The van der Waals surface area contributed by atoms with E-state index in [-0.39, 0.29) is 12.1 Å². The van der Waals surface area contributed by atoms with Crippen molar-refractivity contribution in [1.29, 1.82) is 0 Å². The van der Waals surface area contributed by atoms with E-state index in [1.165, 1.54) is 6.07 Å². The van der Waals surface area contributed by atoms with Crippen LogP contribution in [0.15, 0.2) is 18.2 Å². The fourth-order valence-corrected chi connectivity index (χ4v) is 1.87. The van der Waals surface area contributed by atoms with E-state index in [1.54, 1.807) is 13.2 Å². The lowest BCUT2D eigenvalue weighted by molar-refractivity contribution is 0.106. The molecular formula is C14H21F2NO. The molecule has 0 spiro atoms. The third kappa shape index (κ3) is 4.35. The number of halogens is 2. The molecule has 1 aromatic carbocycles. The predicted molar refractivity (Wildman–Crippen MR) is 68.6 cm³/mol. The van der Waals surface area contributed by atoms with Crippen molar-refractivity contribution in [3.63, 3.8) is 0 Å². The van der Waals surface area contributed by atoms with Gasteiger partial charge in [-0.1, -0.05) is 12.1 Å². The second kappa shape index (κ2) is 7.44. The van der Waals surface area contributed by atoms with Crippen molar-refractivity contribution in [3.8, 4) is 0 Å². The van der Waals surface area contributed by atoms with Crippen LogP contribution < -0.4 is 5.32 Å². The maximum absolute atomic E-state index is 13.5. The third-order valence-corrected chi connectivity index (χ3v) is 3.23. The number of benzene rings is 1. The molecule has 2 unspecified atom stereocenters. The van der Waals surface area contributed by atoms with Gasteiger partial charge in [-0.25, -0.2) is 8.78 Å². The summed E-state index contributed by atoms with van der Waals surface area (Å²) in [5.41, 5.74) is 0.416. The van der Waals surface area contributed by atoms with Crippen LogP contribution in [0, 0.1) is 11.6 Å². The largest absolute Gasteiger partial charge is 0.382 e. The molecule has 102 valence electrons. The molecule has 0 bridgehead atoms. The van der Waals surface area contributed by atoms with Gasteiger partial charge in [-0.3, -0.25) is 0 Å². The third-order valence-electron chi connectivity index (χ3n) is 3.23. The van der Waals surface area contributed by atoms with E-state index < -0.39 is 11.6 Å². The summed E-state index contributed by atoms with van der Waals surface area (Å²) in [5.74, 6) is -1.52. The molecule has 0 aliphatic rings. The van der Waals surface area contributed by atoms with Gasteiger partial charge in [-0.15, -0.1) is 0 Å². The fourth-order valence-electron chi connectivity index (χ4n) is 1.87.